The second-order valence-electron chi connectivity index (χ2n) is 2.65. The molecule has 0 saturated carbocycles. The summed E-state index contributed by atoms with van der Waals surface area (Å²) in [7, 11) is 0. The molecule has 0 aromatic rings. The number of hydrogen-bond donors (Lipinski definition) is 4. The lowest BCUT2D eigenvalue weighted by Gasteiger charge is -2.20. The molecule has 0 aliphatic heterocycles. The van der Waals surface area contributed by atoms with Crippen LogP contribution in [0.15, 0.2) is 0 Å². The lowest BCUT2D eigenvalue weighted by molar-refractivity contribution is -0.0962. The third kappa shape index (κ3) is 4.63. The van der Waals surface area contributed by atoms with Crippen molar-refractivity contribution in [2.45, 2.75) is 25.2 Å². The fourth-order valence-electron chi connectivity index (χ4n) is 0.666. The summed E-state index contributed by atoms with van der Waals surface area (Å²) < 4.78 is 4.90. The summed E-state index contributed by atoms with van der Waals surface area (Å²) in [4.78, 5) is 0. The van der Waals surface area contributed by atoms with Gasteiger partial charge in [-0.2, -0.15) is 0 Å². The van der Waals surface area contributed by atoms with Gasteiger partial charge in [0.25, 0.3) is 0 Å². The molecule has 0 heterocycles. The zero-order valence-corrected chi connectivity index (χ0v) is 7.05. The highest BCUT2D eigenvalue weighted by molar-refractivity contribution is 4.66. The molecule has 0 fully saturated rings. The number of ether oxygens (including phenoxy) is 1. The molecule has 5 heteroatoms. The van der Waals surface area contributed by atoms with Crippen LogP contribution in [0.25, 0.3) is 0 Å². The van der Waals surface area contributed by atoms with Crippen molar-refractivity contribution in [3.8, 4) is 0 Å². The average molecular weight is 180 g/mol. The first kappa shape index (κ1) is 11.8. The molecule has 0 bridgehead atoms. The Morgan fingerprint density at radius 1 is 1.17 bits per heavy atom. The van der Waals surface area contributed by atoms with Crippen molar-refractivity contribution in [3.63, 3.8) is 0 Å². The lowest BCUT2D eigenvalue weighted by Crippen LogP contribution is -2.36. The largest absolute Gasteiger partial charge is 0.394 e. The van der Waals surface area contributed by atoms with Crippen molar-refractivity contribution in [1.82, 2.24) is 0 Å². The molecule has 12 heavy (non-hydrogen) atoms. The third-order valence-corrected chi connectivity index (χ3v) is 1.35. The molecule has 0 aliphatic rings. The van der Waals surface area contributed by atoms with Crippen molar-refractivity contribution in [3.05, 3.63) is 0 Å². The van der Waals surface area contributed by atoms with Crippen molar-refractivity contribution < 1.29 is 25.2 Å². The Morgan fingerprint density at radius 3 is 2.08 bits per heavy atom. The van der Waals surface area contributed by atoms with Crippen LogP contribution in [0, 0.1) is 0 Å². The van der Waals surface area contributed by atoms with Gasteiger partial charge in [0.1, 0.15) is 12.2 Å². The number of rotatable bonds is 6. The van der Waals surface area contributed by atoms with Crippen molar-refractivity contribution in [2.75, 3.05) is 19.8 Å². The van der Waals surface area contributed by atoms with Gasteiger partial charge in [0.15, 0.2) is 0 Å². The minimum Gasteiger partial charge on any atom is -0.394 e. The topological polar surface area (TPSA) is 90.2 Å². The maximum atomic E-state index is 9.01. The molecule has 0 radical (unpaired) electrons. The molecule has 3 atom stereocenters. The molecule has 0 aromatic carbocycles. The SMILES string of the molecule is CC(O)COC(CO)[C@@H](O)CO. The van der Waals surface area contributed by atoms with Crippen LogP contribution in [0.2, 0.25) is 0 Å². The fraction of sp³-hybridized carbons (Fsp3) is 1.00. The summed E-state index contributed by atoms with van der Waals surface area (Å²) in [6.45, 7) is 0.710. The molecule has 2 unspecified atom stereocenters. The molecule has 0 aromatic heterocycles. The first-order valence-electron chi connectivity index (χ1n) is 3.81. The number of aliphatic hydroxyl groups is 4. The zero-order valence-electron chi connectivity index (χ0n) is 7.05. The zero-order chi connectivity index (χ0) is 9.56. The van der Waals surface area contributed by atoms with E-state index in [1.807, 2.05) is 0 Å². The molecular weight excluding hydrogens is 164 g/mol. The Balaban J connectivity index is 3.67. The van der Waals surface area contributed by atoms with E-state index >= 15 is 0 Å². The number of hydrogen-bond acceptors (Lipinski definition) is 5. The quantitative estimate of drug-likeness (QED) is 0.383. The van der Waals surface area contributed by atoms with Gasteiger partial charge in [-0.15, -0.1) is 0 Å². The maximum absolute atomic E-state index is 9.01. The summed E-state index contributed by atoms with van der Waals surface area (Å²) in [5, 5.41) is 35.0. The van der Waals surface area contributed by atoms with Crippen molar-refractivity contribution in [1.29, 1.82) is 0 Å². The molecule has 74 valence electrons. The maximum Gasteiger partial charge on any atom is 0.109 e. The normalized spacial score (nSPS) is 18.8. The van der Waals surface area contributed by atoms with Crippen LogP contribution in [0.3, 0.4) is 0 Å². The van der Waals surface area contributed by atoms with Gasteiger partial charge < -0.3 is 25.2 Å². The van der Waals surface area contributed by atoms with E-state index < -0.39 is 24.9 Å². The monoisotopic (exact) mass is 180 g/mol. The second kappa shape index (κ2) is 6.33. The summed E-state index contributed by atoms with van der Waals surface area (Å²) in [5.74, 6) is 0. The molecule has 0 rings (SSSR count). The Bertz CT molecular complexity index is 106. The summed E-state index contributed by atoms with van der Waals surface area (Å²) in [6.07, 6.45) is -2.58. The first-order valence-corrected chi connectivity index (χ1v) is 3.81. The number of aliphatic hydroxyl groups excluding tert-OH is 4. The minimum atomic E-state index is -1.10. The highest BCUT2D eigenvalue weighted by Gasteiger charge is 2.18. The van der Waals surface area contributed by atoms with Gasteiger partial charge in [-0.1, -0.05) is 0 Å². The summed E-state index contributed by atoms with van der Waals surface area (Å²) in [5.41, 5.74) is 0. The first-order chi connectivity index (χ1) is 5.61. The van der Waals surface area contributed by atoms with Crippen molar-refractivity contribution >= 4 is 0 Å². The predicted molar refractivity (Wildman–Crippen MR) is 41.6 cm³/mol. The van der Waals surface area contributed by atoms with Crippen molar-refractivity contribution in [2.24, 2.45) is 0 Å². The van der Waals surface area contributed by atoms with Crippen LogP contribution in [-0.2, 0) is 4.74 Å². The van der Waals surface area contributed by atoms with Crippen LogP contribution in [0.1, 0.15) is 6.92 Å². The van der Waals surface area contributed by atoms with Gasteiger partial charge in [-0.05, 0) is 6.92 Å². The van der Waals surface area contributed by atoms with Crippen LogP contribution in [-0.4, -0.2) is 58.6 Å². The molecule has 0 aliphatic carbocycles. The summed E-state index contributed by atoms with van der Waals surface area (Å²) in [6, 6.07) is 0. The third-order valence-electron chi connectivity index (χ3n) is 1.35. The van der Waals surface area contributed by atoms with Crippen LogP contribution in [0.4, 0.5) is 0 Å². The van der Waals surface area contributed by atoms with Gasteiger partial charge in [0.2, 0.25) is 0 Å². The van der Waals surface area contributed by atoms with Gasteiger partial charge in [-0.25, -0.2) is 0 Å². The van der Waals surface area contributed by atoms with Gasteiger partial charge in [0, 0.05) is 0 Å². The van der Waals surface area contributed by atoms with Gasteiger partial charge >= 0.3 is 0 Å². The van der Waals surface area contributed by atoms with Gasteiger partial charge in [-0.3, -0.25) is 0 Å². The Kier molecular flexibility index (Phi) is 6.23. The van der Waals surface area contributed by atoms with Crippen LogP contribution in [0.5, 0.6) is 0 Å². The smallest absolute Gasteiger partial charge is 0.109 e. The van der Waals surface area contributed by atoms with E-state index in [4.69, 9.17) is 25.2 Å². The van der Waals surface area contributed by atoms with E-state index in [0.29, 0.717) is 0 Å². The Morgan fingerprint density at radius 2 is 1.75 bits per heavy atom. The average Bonchev–Trinajstić information content (AvgIpc) is 2.04. The predicted octanol–water partition coefficient (Wildman–Crippen LogP) is -1.90. The molecule has 0 saturated heterocycles. The molecule has 5 nitrogen and oxygen atoms in total. The van der Waals surface area contributed by atoms with E-state index in [1.165, 1.54) is 6.92 Å². The van der Waals surface area contributed by atoms with Crippen LogP contribution >= 0.6 is 0 Å². The van der Waals surface area contributed by atoms with E-state index in [9.17, 15) is 0 Å². The van der Waals surface area contributed by atoms with E-state index in [0.717, 1.165) is 0 Å². The lowest BCUT2D eigenvalue weighted by atomic mass is 10.2. The molecule has 0 amide bonds. The van der Waals surface area contributed by atoms with Crippen LogP contribution < -0.4 is 0 Å². The molecule has 0 spiro atoms. The van der Waals surface area contributed by atoms with E-state index in [-0.39, 0.29) is 13.2 Å². The highest BCUT2D eigenvalue weighted by Crippen LogP contribution is 1.99. The Labute approximate surface area is 71.2 Å². The molecule has 4 N–H and O–H groups in total. The fourth-order valence-corrected chi connectivity index (χ4v) is 0.666. The minimum absolute atomic E-state index is 0.0300. The standard InChI is InChI=1S/C7H16O5/c1-5(10)4-12-7(3-9)6(11)2-8/h5-11H,2-4H2,1H3/t5?,6-,7?/m0/s1. The summed E-state index contributed by atoms with van der Waals surface area (Å²) >= 11 is 0. The highest BCUT2D eigenvalue weighted by atomic mass is 16.5. The van der Waals surface area contributed by atoms with E-state index in [1.54, 1.807) is 0 Å². The second-order valence-corrected chi connectivity index (χ2v) is 2.65. The van der Waals surface area contributed by atoms with Gasteiger partial charge in [0.05, 0.1) is 25.9 Å². The van der Waals surface area contributed by atoms with E-state index in [2.05, 4.69) is 0 Å². The molecular formula is C7H16O5. The Hall–Kier alpha value is -0.200.